The van der Waals surface area contributed by atoms with Crippen LogP contribution in [0.5, 0.6) is 0 Å². The van der Waals surface area contributed by atoms with E-state index in [2.05, 4.69) is 22.8 Å². The van der Waals surface area contributed by atoms with Crippen molar-refractivity contribution in [2.24, 2.45) is 0 Å². The molecule has 0 spiro atoms. The highest BCUT2D eigenvalue weighted by Gasteiger charge is 2.21. The first kappa shape index (κ1) is 11.3. The van der Waals surface area contributed by atoms with E-state index in [1.807, 2.05) is 19.1 Å². The third kappa shape index (κ3) is 2.11. The molecule has 1 unspecified atom stereocenters. The van der Waals surface area contributed by atoms with E-state index in [1.54, 1.807) is 0 Å². The number of benzene rings is 1. The van der Waals surface area contributed by atoms with Crippen molar-refractivity contribution in [2.75, 3.05) is 13.1 Å². The smallest absolute Gasteiger partial charge is 0.222 e. The van der Waals surface area contributed by atoms with Crippen molar-refractivity contribution in [3.05, 3.63) is 35.6 Å². The van der Waals surface area contributed by atoms with Gasteiger partial charge in [0.25, 0.3) is 0 Å². The summed E-state index contributed by atoms with van der Waals surface area (Å²) in [6, 6.07) is 8.13. The molecule has 1 saturated heterocycles. The second kappa shape index (κ2) is 4.46. The molecular weight excluding hydrogens is 228 g/mol. The molecule has 0 bridgehead atoms. The van der Waals surface area contributed by atoms with Crippen molar-refractivity contribution < 1.29 is 9.21 Å². The molecule has 2 N–H and O–H groups in total. The van der Waals surface area contributed by atoms with Crippen molar-refractivity contribution in [1.82, 2.24) is 10.6 Å². The summed E-state index contributed by atoms with van der Waals surface area (Å²) in [7, 11) is 0. The first-order chi connectivity index (χ1) is 8.72. The minimum Gasteiger partial charge on any atom is -0.459 e. The normalized spacial score (nSPS) is 20.7. The summed E-state index contributed by atoms with van der Waals surface area (Å²) >= 11 is 0. The average Bonchev–Trinajstić information content (AvgIpc) is 2.63. The van der Waals surface area contributed by atoms with Crippen LogP contribution in [0.3, 0.4) is 0 Å². The maximum absolute atomic E-state index is 11.5. The van der Waals surface area contributed by atoms with Crippen LogP contribution in [0.15, 0.2) is 28.7 Å². The number of carbonyl (C=O) groups is 1. The number of rotatable bonds is 1. The number of nitrogens with one attached hydrogen (secondary N) is 2. The van der Waals surface area contributed by atoms with Gasteiger partial charge in [0.1, 0.15) is 11.3 Å². The van der Waals surface area contributed by atoms with Crippen LogP contribution in [0.4, 0.5) is 0 Å². The maximum Gasteiger partial charge on any atom is 0.222 e. The van der Waals surface area contributed by atoms with E-state index >= 15 is 0 Å². The second-order valence-electron chi connectivity index (χ2n) is 4.75. The molecule has 4 nitrogen and oxygen atoms in total. The third-order valence-electron chi connectivity index (χ3n) is 3.27. The minimum atomic E-state index is -0.0276. The Balaban J connectivity index is 1.95. The first-order valence-corrected chi connectivity index (χ1v) is 6.22. The van der Waals surface area contributed by atoms with Gasteiger partial charge in [-0.15, -0.1) is 0 Å². The molecular formula is C14H16N2O2. The molecule has 1 aromatic heterocycles. The fraction of sp³-hybridized carbons (Fsp3) is 0.357. The van der Waals surface area contributed by atoms with E-state index in [0.29, 0.717) is 13.0 Å². The molecule has 1 aliphatic rings. The highest BCUT2D eigenvalue weighted by Crippen LogP contribution is 2.26. The van der Waals surface area contributed by atoms with Crippen molar-refractivity contribution in [3.8, 4) is 0 Å². The Labute approximate surface area is 105 Å². The molecule has 1 aromatic carbocycles. The van der Waals surface area contributed by atoms with Gasteiger partial charge in [-0.25, -0.2) is 0 Å². The van der Waals surface area contributed by atoms with Gasteiger partial charge in [0.15, 0.2) is 0 Å². The summed E-state index contributed by atoms with van der Waals surface area (Å²) in [6.07, 6.45) is 0.429. The first-order valence-electron chi connectivity index (χ1n) is 6.22. The predicted molar refractivity (Wildman–Crippen MR) is 69.3 cm³/mol. The van der Waals surface area contributed by atoms with Crippen LogP contribution in [0, 0.1) is 6.92 Å². The molecule has 0 aliphatic carbocycles. The van der Waals surface area contributed by atoms with E-state index in [1.165, 1.54) is 5.56 Å². The summed E-state index contributed by atoms with van der Waals surface area (Å²) in [4.78, 5) is 11.5. The van der Waals surface area contributed by atoms with Crippen molar-refractivity contribution in [3.63, 3.8) is 0 Å². The fourth-order valence-electron chi connectivity index (χ4n) is 2.31. The monoisotopic (exact) mass is 244 g/mol. The number of hydrogen-bond acceptors (Lipinski definition) is 3. The highest BCUT2D eigenvalue weighted by atomic mass is 16.3. The number of fused-ring (bicyclic) bond motifs is 1. The molecule has 4 heteroatoms. The summed E-state index contributed by atoms with van der Waals surface area (Å²) < 4.78 is 5.85. The Hall–Kier alpha value is -1.81. The van der Waals surface area contributed by atoms with Gasteiger partial charge in [0.2, 0.25) is 5.91 Å². The lowest BCUT2D eigenvalue weighted by atomic mass is 10.1. The zero-order chi connectivity index (χ0) is 12.5. The Kier molecular flexibility index (Phi) is 2.80. The molecule has 1 amide bonds. The number of aryl methyl sites for hydroxylation is 1. The molecule has 1 aliphatic heterocycles. The van der Waals surface area contributed by atoms with Crippen LogP contribution < -0.4 is 10.6 Å². The summed E-state index contributed by atoms with van der Waals surface area (Å²) in [6.45, 7) is 3.49. The minimum absolute atomic E-state index is 0.0276. The van der Waals surface area contributed by atoms with Crippen LogP contribution in [-0.2, 0) is 4.79 Å². The molecule has 1 fully saturated rings. The second-order valence-corrected chi connectivity index (χ2v) is 4.75. The zero-order valence-corrected chi connectivity index (χ0v) is 10.3. The van der Waals surface area contributed by atoms with E-state index in [-0.39, 0.29) is 11.9 Å². The average molecular weight is 244 g/mol. The summed E-state index contributed by atoms with van der Waals surface area (Å²) in [5.74, 6) is 0.911. The molecule has 18 heavy (non-hydrogen) atoms. The Morgan fingerprint density at radius 1 is 1.28 bits per heavy atom. The third-order valence-corrected chi connectivity index (χ3v) is 3.27. The summed E-state index contributed by atoms with van der Waals surface area (Å²) in [5, 5.41) is 7.26. The van der Waals surface area contributed by atoms with Crippen molar-refractivity contribution >= 4 is 16.9 Å². The molecule has 0 radical (unpaired) electrons. The topological polar surface area (TPSA) is 54.3 Å². The van der Waals surface area contributed by atoms with Gasteiger partial charge in [0, 0.05) is 24.9 Å². The van der Waals surface area contributed by atoms with Crippen LogP contribution in [-0.4, -0.2) is 19.0 Å². The standard InChI is InChI=1S/C14H16N2O2/c1-9-2-3-10-7-13(18-12(10)6-9)11-8-14(17)16-5-4-15-11/h2-3,6-7,11,15H,4-5,8H2,1H3,(H,16,17). The Morgan fingerprint density at radius 3 is 3.06 bits per heavy atom. The maximum atomic E-state index is 11.5. The fourth-order valence-corrected chi connectivity index (χ4v) is 2.31. The molecule has 2 heterocycles. The van der Waals surface area contributed by atoms with Crippen LogP contribution in [0.2, 0.25) is 0 Å². The molecule has 0 saturated carbocycles. The number of hydrogen-bond donors (Lipinski definition) is 2. The summed E-state index contributed by atoms with van der Waals surface area (Å²) in [5.41, 5.74) is 2.06. The zero-order valence-electron chi connectivity index (χ0n) is 10.3. The molecule has 2 aromatic rings. The van der Waals surface area contributed by atoms with Gasteiger partial charge in [-0.3, -0.25) is 4.79 Å². The predicted octanol–water partition coefficient (Wildman–Crippen LogP) is 1.89. The van der Waals surface area contributed by atoms with E-state index in [4.69, 9.17) is 4.42 Å². The Bertz CT molecular complexity index is 588. The molecule has 1 atom stereocenters. The van der Waals surface area contributed by atoms with Crippen LogP contribution >= 0.6 is 0 Å². The lowest BCUT2D eigenvalue weighted by molar-refractivity contribution is -0.121. The Morgan fingerprint density at radius 2 is 2.17 bits per heavy atom. The lowest BCUT2D eigenvalue weighted by Crippen LogP contribution is -2.24. The van der Waals surface area contributed by atoms with E-state index in [9.17, 15) is 4.79 Å². The lowest BCUT2D eigenvalue weighted by Gasteiger charge is -2.10. The van der Waals surface area contributed by atoms with Crippen LogP contribution in [0.1, 0.15) is 23.8 Å². The molecule has 94 valence electrons. The molecule has 3 rings (SSSR count). The van der Waals surface area contributed by atoms with Gasteiger partial charge in [-0.05, 0) is 24.6 Å². The van der Waals surface area contributed by atoms with E-state index in [0.717, 1.165) is 23.3 Å². The number of carbonyl (C=O) groups excluding carboxylic acids is 1. The van der Waals surface area contributed by atoms with Gasteiger partial charge in [-0.2, -0.15) is 0 Å². The number of furan rings is 1. The van der Waals surface area contributed by atoms with Crippen molar-refractivity contribution in [1.29, 1.82) is 0 Å². The van der Waals surface area contributed by atoms with E-state index < -0.39 is 0 Å². The largest absolute Gasteiger partial charge is 0.459 e. The SMILES string of the molecule is Cc1ccc2cc(C3CC(=O)NCCN3)oc2c1. The highest BCUT2D eigenvalue weighted by molar-refractivity contribution is 5.80. The van der Waals surface area contributed by atoms with Gasteiger partial charge >= 0.3 is 0 Å². The van der Waals surface area contributed by atoms with Crippen molar-refractivity contribution in [2.45, 2.75) is 19.4 Å². The van der Waals surface area contributed by atoms with Crippen LogP contribution in [0.25, 0.3) is 11.0 Å². The quantitative estimate of drug-likeness (QED) is 0.805. The van der Waals surface area contributed by atoms with Gasteiger partial charge in [0.05, 0.1) is 6.04 Å². The number of amides is 1. The van der Waals surface area contributed by atoms with Gasteiger partial charge in [-0.1, -0.05) is 12.1 Å². The van der Waals surface area contributed by atoms with Gasteiger partial charge < -0.3 is 15.1 Å².